The molecule has 0 radical (unpaired) electrons. The molecule has 0 saturated heterocycles. The molecule has 100 valence electrons. The first-order chi connectivity index (χ1) is 8.65. The standard InChI is InChI=1S/C10H17N5O3/c1-3-17-7(16)5-6-12-9-13-8(11)14-10(15-9)18-4-2/h3-6H2,1-2H3,(H3,11,12,13,14,15). The number of nitrogens with two attached hydrogens (primary N) is 1. The zero-order valence-corrected chi connectivity index (χ0v) is 10.5. The number of hydrogen-bond donors (Lipinski definition) is 2. The summed E-state index contributed by atoms with van der Waals surface area (Å²) in [5, 5.41) is 2.85. The number of nitrogen functional groups attached to an aromatic ring is 1. The van der Waals surface area contributed by atoms with Gasteiger partial charge >= 0.3 is 12.0 Å². The van der Waals surface area contributed by atoms with Gasteiger partial charge in [0, 0.05) is 6.54 Å². The fraction of sp³-hybridized carbons (Fsp3) is 0.600. The highest BCUT2D eigenvalue weighted by atomic mass is 16.5. The van der Waals surface area contributed by atoms with E-state index in [1.165, 1.54) is 0 Å². The highest BCUT2D eigenvalue weighted by Gasteiger charge is 2.06. The first-order valence-electron chi connectivity index (χ1n) is 5.69. The van der Waals surface area contributed by atoms with Gasteiger partial charge in [0.05, 0.1) is 19.6 Å². The number of aromatic nitrogens is 3. The SMILES string of the molecule is CCOC(=O)CCNc1nc(N)nc(OCC)n1. The first kappa shape index (κ1) is 13.9. The fourth-order valence-electron chi connectivity index (χ4n) is 1.15. The molecule has 1 heterocycles. The molecule has 0 saturated carbocycles. The minimum atomic E-state index is -0.281. The Hall–Kier alpha value is -2.12. The third kappa shape index (κ3) is 4.81. The molecular weight excluding hydrogens is 238 g/mol. The lowest BCUT2D eigenvalue weighted by Crippen LogP contribution is -2.14. The van der Waals surface area contributed by atoms with Crippen LogP contribution in [0.5, 0.6) is 6.01 Å². The van der Waals surface area contributed by atoms with E-state index in [1.54, 1.807) is 6.92 Å². The van der Waals surface area contributed by atoms with Crippen molar-refractivity contribution in [1.29, 1.82) is 0 Å². The lowest BCUT2D eigenvalue weighted by Gasteiger charge is -2.06. The van der Waals surface area contributed by atoms with Crippen molar-refractivity contribution in [2.24, 2.45) is 0 Å². The van der Waals surface area contributed by atoms with E-state index in [1.807, 2.05) is 6.92 Å². The van der Waals surface area contributed by atoms with Gasteiger partial charge < -0.3 is 20.5 Å². The van der Waals surface area contributed by atoms with Gasteiger partial charge in [-0.2, -0.15) is 15.0 Å². The highest BCUT2D eigenvalue weighted by Crippen LogP contribution is 2.08. The van der Waals surface area contributed by atoms with E-state index in [0.29, 0.717) is 19.8 Å². The molecule has 3 N–H and O–H groups in total. The number of carbonyl (C=O) groups is 1. The molecular formula is C10H17N5O3. The Kier molecular flexibility index (Phi) is 5.62. The summed E-state index contributed by atoms with van der Waals surface area (Å²) in [6.07, 6.45) is 0.226. The number of hydrogen-bond acceptors (Lipinski definition) is 8. The van der Waals surface area contributed by atoms with Crippen LogP contribution in [-0.2, 0) is 9.53 Å². The number of rotatable bonds is 7. The summed E-state index contributed by atoms with van der Waals surface area (Å²) < 4.78 is 9.90. The van der Waals surface area contributed by atoms with Gasteiger partial charge in [-0.1, -0.05) is 0 Å². The molecule has 0 aliphatic carbocycles. The Morgan fingerprint density at radius 1 is 1.28 bits per heavy atom. The Balaban J connectivity index is 2.48. The van der Waals surface area contributed by atoms with Crippen LogP contribution in [0, 0.1) is 0 Å². The van der Waals surface area contributed by atoms with Crippen molar-refractivity contribution in [2.75, 3.05) is 30.8 Å². The van der Waals surface area contributed by atoms with Crippen LogP contribution in [0.1, 0.15) is 20.3 Å². The average molecular weight is 255 g/mol. The number of carbonyl (C=O) groups excluding carboxylic acids is 1. The van der Waals surface area contributed by atoms with Crippen LogP contribution < -0.4 is 15.8 Å². The summed E-state index contributed by atoms with van der Waals surface area (Å²) in [4.78, 5) is 22.8. The fourth-order valence-corrected chi connectivity index (χ4v) is 1.15. The number of ether oxygens (including phenoxy) is 2. The maximum atomic E-state index is 11.1. The smallest absolute Gasteiger partial charge is 0.323 e. The number of nitrogens with one attached hydrogen (secondary N) is 1. The Labute approximate surface area is 105 Å². The lowest BCUT2D eigenvalue weighted by molar-refractivity contribution is -0.142. The molecule has 0 aliphatic heterocycles. The van der Waals surface area contributed by atoms with Crippen LogP contribution in [0.25, 0.3) is 0 Å². The van der Waals surface area contributed by atoms with Crippen LogP contribution in [0.2, 0.25) is 0 Å². The van der Waals surface area contributed by atoms with Crippen LogP contribution in [0.4, 0.5) is 11.9 Å². The van der Waals surface area contributed by atoms with Crippen LogP contribution >= 0.6 is 0 Å². The predicted molar refractivity (Wildman–Crippen MR) is 65.1 cm³/mol. The van der Waals surface area contributed by atoms with E-state index in [2.05, 4.69) is 20.3 Å². The van der Waals surface area contributed by atoms with Gasteiger partial charge in [-0.15, -0.1) is 0 Å². The minimum Gasteiger partial charge on any atom is -0.466 e. The van der Waals surface area contributed by atoms with Crippen molar-refractivity contribution in [2.45, 2.75) is 20.3 Å². The van der Waals surface area contributed by atoms with Crippen LogP contribution in [0.15, 0.2) is 0 Å². The maximum Gasteiger partial charge on any atom is 0.323 e. The molecule has 1 rings (SSSR count). The highest BCUT2D eigenvalue weighted by molar-refractivity contribution is 5.69. The molecule has 0 unspecified atom stereocenters. The molecule has 1 aromatic rings. The summed E-state index contributed by atoms with van der Waals surface area (Å²) in [5.74, 6) is 0.0550. The first-order valence-corrected chi connectivity index (χ1v) is 5.69. The van der Waals surface area contributed by atoms with E-state index >= 15 is 0 Å². The molecule has 0 atom stereocenters. The predicted octanol–water partition coefficient (Wildman–Crippen LogP) is 0.218. The number of nitrogens with zero attached hydrogens (tertiary/aromatic N) is 3. The molecule has 8 heteroatoms. The van der Waals surface area contributed by atoms with E-state index in [-0.39, 0.29) is 30.3 Å². The summed E-state index contributed by atoms with van der Waals surface area (Å²) >= 11 is 0. The third-order valence-corrected chi connectivity index (χ3v) is 1.82. The monoisotopic (exact) mass is 255 g/mol. The topological polar surface area (TPSA) is 112 Å². The van der Waals surface area contributed by atoms with Gasteiger partial charge in [0.1, 0.15) is 0 Å². The lowest BCUT2D eigenvalue weighted by atomic mass is 10.4. The zero-order chi connectivity index (χ0) is 13.4. The summed E-state index contributed by atoms with van der Waals surface area (Å²) in [6.45, 7) is 4.73. The van der Waals surface area contributed by atoms with Crippen molar-refractivity contribution in [1.82, 2.24) is 15.0 Å². The summed E-state index contributed by atoms with van der Waals surface area (Å²) in [5.41, 5.74) is 5.50. The third-order valence-electron chi connectivity index (χ3n) is 1.82. The quantitative estimate of drug-likeness (QED) is 0.665. The second kappa shape index (κ2) is 7.25. The molecule has 1 aromatic heterocycles. The summed E-state index contributed by atoms with van der Waals surface area (Å²) in [7, 11) is 0. The van der Waals surface area contributed by atoms with Crippen LogP contribution in [0.3, 0.4) is 0 Å². The number of esters is 1. The molecule has 0 aliphatic rings. The molecule has 0 spiro atoms. The molecule has 0 bridgehead atoms. The average Bonchev–Trinajstić information content (AvgIpc) is 2.29. The van der Waals surface area contributed by atoms with Crippen molar-refractivity contribution in [3.8, 4) is 6.01 Å². The van der Waals surface area contributed by atoms with Crippen molar-refractivity contribution >= 4 is 17.9 Å². The second-order valence-corrected chi connectivity index (χ2v) is 3.21. The van der Waals surface area contributed by atoms with Crippen LogP contribution in [-0.4, -0.2) is 40.7 Å². The molecule has 8 nitrogen and oxygen atoms in total. The largest absolute Gasteiger partial charge is 0.466 e. The maximum absolute atomic E-state index is 11.1. The van der Waals surface area contributed by atoms with Crippen molar-refractivity contribution in [3.05, 3.63) is 0 Å². The van der Waals surface area contributed by atoms with E-state index in [4.69, 9.17) is 15.2 Å². The number of anilines is 2. The molecule has 0 amide bonds. The van der Waals surface area contributed by atoms with Gasteiger partial charge in [-0.3, -0.25) is 4.79 Å². The Morgan fingerprint density at radius 2 is 2.06 bits per heavy atom. The summed E-state index contributed by atoms with van der Waals surface area (Å²) in [6, 6.07) is 0.156. The van der Waals surface area contributed by atoms with E-state index in [0.717, 1.165) is 0 Å². The van der Waals surface area contributed by atoms with Gasteiger partial charge in [-0.25, -0.2) is 0 Å². The molecule has 0 fully saturated rings. The minimum absolute atomic E-state index is 0.0621. The van der Waals surface area contributed by atoms with Gasteiger partial charge in [0.25, 0.3) is 0 Å². The molecule has 18 heavy (non-hydrogen) atoms. The Bertz CT molecular complexity index is 399. The Morgan fingerprint density at radius 3 is 2.72 bits per heavy atom. The van der Waals surface area contributed by atoms with E-state index < -0.39 is 0 Å². The van der Waals surface area contributed by atoms with Crippen molar-refractivity contribution in [3.63, 3.8) is 0 Å². The van der Waals surface area contributed by atoms with E-state index in [9.17, 15) is 4.79 Å². The molecule has 0 aromatic carbocycles. The van der Waals surface area contributed by atoms with Gasteiger partial charge in [-0.05, 0) is 13.8 Å². The van der Waals surface area contributed by atoms with Gasteiger partial charge in [0.2, 0.25) is 11.9 Å². The van der Waals surface area contributed by atoms with Gasteiger partial charge in [0.15, 0.2) is 0 Å². The van der Waals surface area contributed by atoms with Crippen molar-refractivity contribution < 1.29 is 14.3 Å². The second-order valence-electron chi connectivity index (χ2n) is 3.21. The normalized spacial score (nSPS) is 9.89. The zero-order valence-electron chi connectivity index (χ0n) is 10.5.